The number of carbonyl (C=O) groups excluding carboxylic acids is 1. The van der Waals surface area contributed by atoms with Crippen LogP contribution in [0.15, 0.2) is 0 Å². The van der Waals surface area contributed by atoms with E-state index >= 15 is 0 Å². The fourth-order valence-corrected chi connectivity index (χ4v) is 0.837. The van der Waals surface area contributed by atoms with E-state index in [0.29, 0.717) is 6.42 Å². The number of nitrogens with one attached hydrogen (secondary N) is 1. The van der Waals surface area contributed by atoms with Gasteiger partial charge in [-0.3, -0.25) is 4.79 Å². The number of rotatable bonds is 5. The second-order valence-corrected chi connectivity index (χ2v) is 3.51. The van der Waals surface area contributed by atoms with Gasteiger partial charge < -0.3 is 10.2 Å². The molecular weight excluding hydrogens is 176 g/mol. The van der Waals surface area contributed by atoms with Gasteiger partial charge in [-0.2, -0.15) is 0 Å². The number of hydrogen-bond donors (Lipinski definition) is 1. The SMILES string of the molecule is CCCN(C)C.CCCNC(=O)CC. The molecule has 0 fully saturated rings. The maximum Gasteiger partial charge on any atom is 0.219 e. The summed E-state index contributed by atoms with van der Waals surface area (Å²) in [6.45, 7) is 8.09. The van der Waals surface area contributed by atoms with Crippen LogP contribution in [0.4, 0.5) is 0 Å². The van der Waals surface area contributed by atoms with Crippen molar-refractivity contribution < 1.29 is 4.79 Å². The summed E-state index contributed by atoms with van der Waals surface area (Å²) in [5.41, 5.74) is 0. The molecule has 0 spiro atoms. The molecule has 14 heavy (non-hydrogen) atoms. The lowest BCUT2D eigenvalue weighted by molar-refractivity contribution is -0.120. The fourth-order valence-electron chi connectivity index (χ4n) is 0.837. The van der Waals surface area contributed by atoms with Crippen LogP contribution in [-0.2, 0) is 4.79 Å². The smallest absolute Gasteiger partial charge is 0.219 e. The van der Waals surface area contributed by atoms with Gasteiger partial charge in [-0.1, -0.05) is 20.8 Å². The summed E-state index contributed by atoms with van der Waals surface area (Å²) in [7, 11) is 4.17. The summed E-state index contributed by atoms with van der Waals surface area (Å²) >= 11 is 0. The first-order valence-electron chi connectivity index (χ1n) is 5.49. The third kappa shape index (κ3) is 17.5. The first kappa shape index (κ1) is 15.9. The molecule has 1 amide bonds. The van der Waals surface area contributed by atoms with Gasteiger partial charge in [0.15, 0.2) is 0 Å². The molecule has 0 atom stereocenters. The van der Waals surface area contributed by atoms with Crippen molar-refractivity contribution in [2.75, 3.05) is 27.2 Å². The van der Waals surface area contributed by atoms with Crippen molar-refractivity contribution in [3.8, 4) is 0 Å². The second kappa shape index (κ2) is 12.4. The molecule has 0 aliphatic heterocycles. The highest BCUT2D eigenvalue weighted by molar-refractivity contribution is 5.75. The van der Waals surface area contributed by atoms with Crippen molar-refractivity contribution in [2.24, 2.45) is 0 Å². The highest BCUT2D eigenvalue weighted by Gasteiger charge is 1.90. The molecule has 0 saturated heterocycles. The number of nitrogens with zero attached hydrogens (tertiary/aromatic N) is 1. The molecule has 86 valence electrons. The van der Waals surface area contributed by atoms with Crippen LogP contribution in [0.1, 0.15) is 40.0 Å². The van der Waals surface area contributed by atoms with Crippen LogP contribution < -0.4 is 5.32 Å². The molecule has 0 aromatic rings. The van der Waals surface area contributed by atoms with E-state index in [9.17, 15) is 4.79 Å². The van der Waals surface area contributed by atoms with Crippen LogP contribution >= 0.6 is 0 Å². The third-order valence-electron chi connectivity index (χ3n) is 1.56. The first-order valence-corrected chi connectivity index (χ1v) is 5.49. The Morgan fingerprint density at radius 1 is 1.14 bits per heavy atom. The average Bonchev–Trinajstić information content (AvgIpc) is 2.15. The molecule has 3 heteroatoms. The highest BCUT2D eigenvalue weighted by Crippen LogP contribution is 1.76. The van der Waals surface area contributed by atoms with Crippen LogP contribution in [0.2, 0.25) is 0 Å². The zero-order valence-electron chi connectivity index (χ0n) is 10.4. The van der Waals surface area contributed by atoms with Gasteiger partial charge in [-0.25, -0.2) is 0 Å². The van der Waals surface area contributed by atoms with Crippen molar-refractivity contribution in [2.45, 2.75) is 40.0 Å². The Labute approximate surface area is 88.9 Å². The van der Waals surface area contributed by atoms with Gasteiger partial charge >= 0.3 is 0 Å². The van der Waals surface area contributed by atoms with Crippen molar-refractivity contribution in [1.82, 2.24) is 10.2 Å². The van der Waals surface area contributed by atoms with Crippen LogP contribution in [0.3, 0.4) is 0 Å². The van der Waals surface area contributed by atoms with Gasteiger partial charge in [0.1, 0.15) is 0 Å². The molecular formula is C11H26N2O. The van der Waals surface area contributed by atoms with E-state index in [2.05, 4.69) is 31.2 Å². The van der Waals surface area contributed by atoms with E-state index in [-0.39, 0.29) is 5.91 Å². The quantitative estimate of drug-likeness (QED) is 0.738. The Balaban J connectivity index is 0. The molecule has 0 saturated carbocycles. The maximum atomic E-state index is 10.5. The predicted molar refractivity (Wildman–Crippen MR) is 62.4 cm³/mol. The largest absolute Gasteiger partial charge is 0.356 e. The van der Waals surface area contributed by atoms with Gasteiger partial charge in [-0.15, -0.1) is 0 Å². The van der Waals surface area contributed by atoms with E-state index in [0.717, 1.165) is 13.0 Å². The number of amides is 1. The van der Waals surface area contributed by atoms with E-state index < -0.39 is 0 Å². The van der Waals surface area contributed by atoms with Gasteiger partial charge in [0.2, 0.25) is 5.91 Å². The monoisotopic (exact) mass is 202 g/mol. The maximum absolute atomic E-state index is 10.5. The molecule has 0 aromatic heterocycles. The molecule has 0 aliphatic carbocycles. The predicted octanol–water partition coefficient (Wildman–Crippen LogP) is 1.88. The molecule has 0 heterocycles. The van der Waals surface area contributed by atoms with E-state index in [4.69, 9.17) is 0 Å². The summed E-state index contributed by atoms with van der Waals surface area (Å²) in [4.78, 5) is 12.6. The summed E-state index contributed by atoms with van der Waals surface area (Å²) in [5.74, 6) is 0.145. The Morgan fingerprint density at radius 2 is 1.71 bits per heavy atom. The first-order chi connectivity index (χ1) is 6.58. The van der Waals surface area contributed by atoms with Gasteiger partial charge in [0.05, 0.1) is 0 Å². The zero-order chi connectivity index (χ0) is 11.4. The Morgan fingerprint density at radius 3 is 1.93 bits per heavy atom. The molecule has 0 rings (SSSR count). The highest BCUT2D eigenvalue weighted by atomic mass is 16.1. The number of hydrogen-bond acceptors (Lipinski definition) is 2. The van der Waals surface area contributed by atoms with Crippen LogP contribution in [0.5, 0.6) is 0 Å². The lowest BCUT2D eigenvalue weighted by Crippen LogP contribution is -2.22. The van der Waals surface area contributed by atoms with E-state index in [1.807, 2.05) is 13.8 Å². The lowest BCUT2D eigenvalue weighted by atomic mass is 10.4. The summed E-state index contributed by atoms with van der Waals surface area (Å²) < 4.78 is 0. The van der Waals surface area contributed by atoms with Gasteiger partial charge in [-0.05, 0) is 33.5 Å². The van der Waals surface area contributed by atoms with E-state index in [1.165, 1.54) is 13.0 Å². The molecule has 3 nitrogen and oxygen atoms in total. The molecule has 0 bridgehead atoms. The number of carbonyl (C=O) groups is 1. The standard InChI is InChI=1S/C6H13NO.C5H13N/c1-3-5-7-6(8)4-2;1-4-5-6(2)3/h3-5H2,1-2H3,(H,7,8);4-5H2,1-3H3. The third-order valence-corrected chi connectivity index (χ3v) is 1.56. The molecule has 0 unspecified atom stereocenters. The lowest BCUT2D eigenvalue weighted by Gasteiger charge is -2.03. The summed E-state index contributed by atoms with van der Waals surface area (Å²) in [5, 5.41) is 2.74. The normalized spacial score (nSPS) is 9.29. The summed E-state index contributed by atoms with van der Waals surface area (Å²) in [6, 6.07) is 0. The molecule has 0 aromatic carbocycles. The van der Waals surface area contributed by atoms with Crippen molar-refractivity contribution >= 4 is 5.91 Å². The Bertz CT molecular complexity index is 124. The van der Waals surface area contributed by atoms with Gasteiger partial charge in [0, 0.05) is 13.0 Å². The van der Waals surface area contributed by atoms with Crippen LogP contribution in [0, 0.1) is 0 Å². The minimum absolute atomic E-state index is 0.145. The van der Waals surface area contributed by atoms with E-state index in [1.54, 1.807) is 0 Å². The molecule has 1 N–H and O–H groups in total. The Hall–Kier alpha value is -0.570. The second-order valence-electron chi connectivity index (χ2n) is 3.51. The fraction of sp³-hybridized carbons (Fsp3) is 0.909. The molecule has 0 aliphatic rings. The van der Waals surface area contributed by atoms with Crippen molar-refractivity contribution in [3.63, 3.8) is 0 Å². The minimum atomic E-state index is 0.145. The molecule has 0 radical (unpaired) electrons. The van der Waals surface area contributed by atoms with Crippen LogP contribution in [-0.4, -0.2) is 38.0 Å². The Kier molecular flexibility index (Phi) is 14.1. The summed E-state index contributed by atoms with van der Waals surface area (Å²) in [6.07, 6.45) is 2.87. The van der Waals surface area contributed by atoms with Crippen LogP contribution in [0.25, 0.3) is 0 Å². The van der Waals surface area contributed by atoms with Crippen molar-refractivity contribution in [3.05, 3.63) is 0 Å². The van der Waals surface area contributed by atoms with Gasteiger partial charge in [0.25, 0.3) is 0 Å². The van der Waals surface area contributed by atoms with Crippen molar-refractivity contribution in [1.29, 1.82) is 0 Å². The topological polar surface area (TPSA) is 32.3 Å². The minimum Gasteiger partial charge on any atom is -0.356 e. The average molecular weight is 202 g/mol. The zero-order valence-corrected chi connectivity index (χ0v) is 10.4.